The second-order valence-electron chi connectivity index (χ2n) is 5.82. The van der Waals surface area contributed by atoms with Gasteiger partial charge in [-0.05, 0) is 54.4 Å². The Balaban J connectivity index is 1.56. The number of carbonyl (C=O) groups excluding carboxylic acids is 1. The monoisotopic (exact) mass is 347 g/mol. The highest BCUT2D eigenvalue weighted by Gasteiger charge is 2.05. The minimum absolute atomic E-state index is 0.0172. The number of rotatable bonds is 7. The highest BCUT2D eigenvalue weighted by Crippen LogP contribution is 2.16. The molecule has 1 aromatic carbocycles. The average Bonchev–Trinajstić information content (AvgIpc) is 2.69. The van der Waals surface area contributed by atoms with Crippen molar-refractivity contribution in [2.45, 2.75) is 19.9 Å². The van der Waals surface area contributed by atoms with Gasteiger partial charge in [-0.2, -0.15) is 0 Å². The molecule has 0 aliphatic heterocycles. The molecule has 3 aromatic rings. The molecule has 0 saturated carbocycles. The van der Waals surface area contributed by atoms with Gasteiger partial charge in [-0.25, -0.2) is 0 Å². The fourth-order valence-corrected chi connectivity index (χ4v) is 2.58. The minimum Gasteiger partial charge on any atom is -0.494 e. The molecule has 0 fully saturated rings. The molecule has 0 aliphatic rings. The summed E-state index contributed by atoms with van der Waals surface area (Å²) in [5, 5.41) is 2.96. The number of hydrogen-bond acceptors (Lipinski definition) is 4. The molecule has 5 heteroatoms. The zero-order valence-electron chi connectivity index (χ0n) is 14.7. The average molecular weight is 347 g/mol. The topological polar surface area (TPSA) is 64.1 Å². The second-order valence-corrected chi connectivity index (χ2v) is 5.82. The molecule has 1 N–H and O–H groups in total. The van der Waals surface area contributed by atoms with E-state index >= 15 is 0 Å². The van der Waals surface area contributed by atoms with Crippen LogP contribution in [-0.2, 0) is 17.8 Å². The lowest BCUT2D eigenvalue weighted by atomic mass is 10.1. The van der Waals surface area contributed by atoms with Crippen molar-refractivity contribution in [2.75, 3.05) is 6.61 Å². The predicted octanol–water partition coefficient (Wildman–Crippen LogP) is 3.40. The van der Waals surface area contributed by atoms with Crippen molar-refractivity contribution >= 4 is 5.91 Å². The molecule has 1 amide bonds. The van der Waals surface area contributed by atoms with Crippen molar-refractivity contribution in [1.82, 2.24) is 15.3 Å². The summed E-state index contributed by atoms with van der Waals surface area (Å²) < 4.78 is 5.41. The van der Waals surface area contributed by atoms with Gasteiger partial charge in [0.05, 0.1) is 18.7 Å². The number of carbonyl (C=O) groups is 1. The Kier molecular flexibility index (Phi) is 5.93. The molecular weight excluding hydrogens is 326 g/mol. The lowest BCUT2D eigenvalue weighted by molar-refractivity contribution is -0.120. The van der Waals surface area contributed by atoms with E-state index in [4.69, 9.17) is 4.74 Å². The zero-order chi connectivity index (χ0) is 18.2. The molecular formula is C21H21N3O2. The maximum atomic E-state index is 12.2. The predicted molar refractivity (Wildman–Crippen MR) is 101 cm³/mol. The molecule has 0 bridgehead atoms. The van der Waals surface area contributed by atoms with E-state index in [0.29, 0.717) is 19.6 Å². The summed E-state index contributed by atoms with van der Waals surface area (Å²) in [7, 11) is 0. The Labute approximate surface area is 153 Å². The molecule has 0 radical (unpaired) electrons. The van der Waals surface area contributed by atoms with Crippen LogP contribution in [0.4, 0.5) is 0 Å². The molecule has 2 heterocycles. The maximum absolute atomic E-state index is 12.2. The largest absolute Gasteiger partial charge is 0.494 e. The van der Waals surface area contributed by atoms with Crippen LogP contribution in [0.3, 0.4) is 0 Å². The Hall–Kier alpha value is -3.21. The van der Waals surface area contributed by atoms with Crippen LogP contribution in [0.5, 0.6) is 5.75 Å². The van der Waals surface area contributed by atoms with Crippen molar-refractivity contribution < 1.29 is 9.53 Å². The number of aromatic nitrogens is 2. The summed E-state index contributed by atoms with van der Waals surface area (Å²) in [5.41, 5.74) is 3.83. The molecule has 0 unspecified atom stereocenters. The summed E-state index contributed by atoms with van der Waals surface area (Å²) >= 11 is 0. The highest BCUT2D eigenvalue weighted by molar-refractivity contribution is 5.78. The van der Waals surface area contributed by atoms with Crippen LogP contribution >= 0.6 is 0 Å². The standard InChI is InChI=1S/C21H21N3O2/c1-2-26-19-5-3-16(4-6-19)14-21(25)24-15-17-7-12-23-20(13-17)18-8-10-22-11-9-18/h3-13H,2,14-15H2,1H3,(H,24,25). The molecule has 0 spiro atoms. The fraction of sp³-hybridized carbons (Fsp3) is 0.190. The van der Waals surface area contributed by atoms with E-state index in [0.717, 1.165) is 28.1 Å². The van der Waals surface area contributed by atoms with Crippen molar-refractivity contribution in [3.8, 4) is 17.0 Å². The first kappa shape index (κ1) is 17.6. The summed E-state index contributed by atoms with van der Waals surface area (Å²) in [4.78, 5) is 20.6. The van der Waals surface area contributed by atoms with Crippen molar-refractivity contribution in [3.63, 3.8) is 0 Å². The number of benzene rings is 1. The third-order valence-electron chi connectivity index (χ3n) is 3.89. The van der Waals surface area contributed by atoms with Gasteiger partial charge in [0.25, 0.3) is 0 Å². The number of amides is 1. The first-order valence-corrected chi connectivity index (χ1v) is 8.58. The zero-order valence-corrected chi connectivity index (χ0v) is 14.7. The van der Waals surface area contributed by atoms with Gasteiger partial charge in [-0.15, -0.1) is 0 Å². The summed E-state index contributed by atoms with van der Waals surface area (Å²) in [6.07, 6.45) is 5.57. The van der Waals surface area contributed by atoms with Crippen molar-refractivity contribution in [1.29, 1.82) is 0 Å². The Morgan fingerprint density at radius 3 is 2.50 bits per heavy atom. The molecule has 5 nitrogen and oxygen atoms in total. The van der Waals surface area contributed by atoms with Crippen molar-refractivity contribution in [3.05, 3.63) is 78.2 Å². The Morgan fingerprint density at radius 2 is 1.77 bits per heavy atom. The first-order chi connectivity index (χ1) is 12.7. The lowest BCUT2D eigenvalue weighted by Gasteiger charge is -2.08. The van der Waals surface area contributed by atoms with Crippen LogP contribution < -0.4 is 10.1 Å². The van der Waals surface area contributed by atoms with Gasteiger partial charge in [0, 0.05) is 30.7 Å². The van der Waals surface area contributed by atoms with E-state index in [9.17, 15) is 4.79 Å². The Morgan fingerprint density at radius 1 is 1.00 bits per heavy atom. The van der Waals surface area contributed by atoms with Gasteiger partial charge in [-0.1, -0.05) is 12.1 Å². The van der Waals surface area contributed by atoms with Gasteiger partial charge in [-0.3, -0.25) is 14.8 Å². The first-order valence-electron chi connectivity index (χ1n) is 8.58. The quantitative estimate of drug-likeness (QED) is 0.711. The number of pyridine rings is 2. The molecule has 0 atom stereocenters. The van der Waals surface area contributed by atoms with E-state index in [1.165, 1.54) is 0 Å². The third kappa shape index (κ3) is 4.89. The molecule has 0 saturated heterocycles. The number of ether oxygens (including phenoxy) is 1. The van der Waals surface area contributed by atoms with E-state index in [1.54, 1.807) is 18.6 Å². The van der Waals surface area contributed by atoms with Gasteiger partial charge >= 0.3 is 0 Å². The van der Waals surface area contributed by atoms with Gasteiger partial charge < -0.3 is 10.1 Å². The molecule has 2 aromatic heterocycles. The molecule has 3 rings (SSSR count). The molecule has 26 heavy (non-hydrogen) atoms. The van der Waals surface area contributed by atoms with Gasteiger partial charge in [0.15, 0.2) is 0 Å². The van der Waals surface area contributed by atoms with Gasteiger partial charge in [0.2, 0.25) is 5.91 Å². The van der Waals surface area contributed by atoms with E-state index < -0.39 is 0 Å². The van der Waals surface area contributed by atoms with E-state index in [-0.39, 0.29) is 5.91 Å². The Bertz CT molecular complexity index is 849. The van der Waals surface area contributed by atoms with Gasteiger partial charge in [0.1, 0.15) is 5.75 Å². The highest BCUT2D eigenvalue weighted by atomic mass is 16.5. The van der Waals surface area contributed by atoms with Crippen LogP contribution in [0.15, 0.2) is 67.1 Å². The lowest BCUT2D eigenvalue weighted by Crippen LogP contribution is -2.24. The van der Waals surface area contributed by atoms with E-state index in [2.05, 4.69) is 15.3 Å². The number of nitrogens with zero attached hydrogens (tertiary/aromatic N) is 2. The van der Waals surface area contributed by atoms with Crippen LogP contribution in [0.25, 0.3) is 11.3 Å². The fourth-order valence-electron chi connectivity index (χ4n) is 2.58. The number of hydrogen-bond donors (Lipinski definition) is 1. The van der Waals surface area contributed by atoms with E-state index in [1.807, 2.05) is 55.5 Å². The SMILES string of the molecule is CCOc1ccc(CC(=O)NCc2ccnc(-c3ccncc3)c2)cc1. The van der Waals surface area contributed by atoms with Crippen LogP contribution in [0.2, 0.25) is 0 Å². The minimum atomic E-state index is -0.0172. The molecule has 132 valence electrons. The third-order valence-corrected chi connectivity index (χ3v) is 3.89. The normalized spacial score (nSPS) is 10.3. The summed E-state index contributed by atoms with van der Waals surface area (Å²) in [6.45, 7) is 3.05. The summed E-state index contributed by atoms with van der Waals surface area (Å²) in [5.74, 6) is 0.800. The van der Waals surface area contributed by atoms with Crippen LogP contribution in [0, 0.1) is 0 Å². The summed E-state index contributed by atoms with van der Waals surface area (Å²) in [6, 6.07) is 15.3. The van der Waals surface area contributed by atoms with Crippen LogP contribution in [0.1, 0.15) is 18.1 Å². The number of nitrogens with one attached hydrogen (secondary N) is 1. The maximum Gasteiger partial charge on any atom is 0.224 e. The molecule has 0 aliphatic carbocycles. The van der Waals surface area contributed by atoms with Crippen molar-refractivity contribution in [2.24, 2.45) is 0 Å². The second kappa shape index (κ2) is 8.76. The smallest absolute Gasteiger partial charge is 0.224 e. The van der Waals surface area contributed by atoms with Crippen LogP contribution in [-0.4, -0.2) is 22.5 Å².